The van der Waals surface area contributed by atoms with Gasteiger partial charge in [-0.25, -0.2) is 13.8 Å². The van der Waals surface area contributed by atoms with Crippen LogP contribution in [0.15, 0.2) is 59.7 Å². The molecule has 32 heavy (non-hydrogen) atoms. The van der Waals surface area contributed by atoms with Gasteiger partial charge in [-0.1, -0.05) is 12.2 Å². The van der Waals surface area contributed by atoms with Crippen molar-refractivity contribution in [1.29, 1.82) is 0 Å². The van der Waals surface area contributed by atoms with Crippen LogP contribution < -0.4 is 0 Å². The first-order chi connectivity index (χ1) is 15.5. The summed E-state index contributed by atoms with van der Waals surface area (Å²) in [6, 6.07) is 10.4. The van der Waals surface area contributed by atoms with E-state index >= 15 is 0 Å². The molecule has 0 amide bonds. The van der Waals surface area contributed by atoms with Crippen molar-refractivity contribution >= 4 is 27.9 Å². The molecule has 0 N–H and O–H groups in total. The van der Waals surface area contributed by atoms with E-state index in [4.69, 9.17) is 4.98 Å². The van der Waals surface area contributed by atoms with E-state index in [0.29, 0.717) is 23.9 Å². The minimum Gasteiger partial charge on any atom is -0.306 e. The lowest BCUT2D eigenvalue weighted by Crippen LogP contribution is -2.28. The highest BCUT2D eigenvalue weighted by molar-refractivity contribution is 6.32. The van der Waals surface area contributed by atoms with Crippen LogP contribution in [0.25, 0.3) is 22.2 Å². The molecule has 0 saturated carbocycles. The molecule has 5 rings (SSSR count). The summed E-state index contributed by atoms with van der Waals surface area (Å²) in [5.74, 6) is -1.75. The lowest BCUT2D eigenvalue weighted by Gasteiger charge is -2.27. The molecule has 2 aromatic heterocycles. The highest BCUT2D eigenvalue weighted by Gasteiger charge is 2.20. The number of allylic oxidation sites excluding steroid dienone is 2. The third-order valence-electron chi connectivity index (χ3n) is 6.29. The van der Waals surface area contributed by atoms with Gasteiger partial charge in [-0.15, -0.1) is 0 Å². The van der Waals surface area contributed by atoms with Crippen LogP contribution in [-0.4, -0.2) is 47.3 Å². The Balaban J connectivity index is 1.47. The second-order valence-electron chi connectivity index (χ2n) is 8.52. The van der Waals surface area contributed by atoms with Gasteiger partial charge in [-0.3, -0.25) is 9.98 Å². The number of aliphatic imine (C=N–C) groups is 1. The van der Waals surface area contributed by atoms with Crippen molar-refractivity contribution in [2.24, 2.45) is 4.99 Å². The number of nitrogens with zero attached hydrogens (tertiary/aromatic N) is 4. The number of pyridine rings is 2. The average molecular weight is 431 g/mol. The fourth-order valence-corrected chi connectivity index (χ4v) is 4.41. The third-order valence-corrected chi connectivity index (χ3v) is 6.29. The van der Waals surface area contributed by atoms with Gasteiger partial charge in [0.15, 0.2) is 11.6 Å². The Hall–Kier alpha value is -3.25. The Kier molecular flexibility index (Phi) is 5.39. The first-order valence-corrected chi connectivity index (χ1v) is 10.8. The Morgan fingerprint density at radius 1 is 0.938 bits per heavy atom. The normalized spacial score (nSPS) is 18.7. The van der Waals surface area contributed by atoms with E-state index in [-0.39, 0.29) is 0 Å². The Labute approximate surface area is 186 Å². The van der Waals surface area contributed by atoms with Gasteiger partial charge < -0.3 is 4.90 Å². The number of aromatic nitrogens is 2. The lowest BCUT2D eigenvalue weighted by molar-refractivity contribution is 0.277. The van der Waals surface area contributed by atoms with Crippen molar-refractivity contribution in [2.45, 2.75) is 25.3 Å². The van der Waals surface area contributed by atoms with E-state index in [1.165, 1.54) is 11.6 Å². The van der Waals surface area contributed by atoms with E-state index in [1.54, 1.807) is 6.07 Å². The topological polar surface area (TPSA) is 41.4 Å². The third kappa shape index (κ3) is 3.86. The number of hydrogen-bond donors (Lipinski definition) is 0. The van der Waals surface area contributed by atoms with Gasteiger partial charge >= 0.3 is 0 Å². The molecule has 0 spiro atoms. The number of hydrogen-bond acceptors (Lipinski definition) is 4. The Morgan fingerprint density at radius 3 is 2.56 bits per heavy atom. The second-order valence-corrected chi connectivity index (χ2v) is 8.52. The van der Waals surface area contributed by atoms with Crippen LogP contribution in [0.2, 0.25) is 0 Å². The summed E-state index contributed by atoms with van der Waals surface area (Å²) < 4.78 is 27.2. The van der Waals surface area contributed by atoms with Crippen LogP contribution in [0.5, 0.6) is 0 Å². The fourth-order valence-electron chi connectivity index (χ4n) is 4.41. The first-order valence-electron chi connectivity index (χ1n) is 10.8. The monoisotopic (exact) mass is 430 g/mol. The highest BCUT2D eigenvalue weighted by Crippen LogP contribution is 2.30. The van der Waals surface area contributed by atoms with E-state index < -0.39 is 11.6 Å². The van der Waals surface area contributed by atoms with E-state index in [2.05, 4.69) is 41.1 Å². The zero-order valence-electron chi connectivity index (χ0n) is 18.1. The number of benzene rings is 1. The van der Waals surface area contributed by atoms with Gasteiger partial charge in [0.05, 0.1) is 29.0 Å². The zero-order chi connectivity index (χ0) is 22.2. The molecule has 1 aliphatic carbocycles. The SMILES string of the molecule is CN(C)C1CC=C(c2cnc3ccc(C4=CCN=C4c4ccc(F)c(F)c4)nc3c2)CC1. The number of halogens is 2. The van der Waals surface area contributed by atoms with Crippen LogP contribution in [0, 0.1) is 11.6 Å². The van der Waals surface area contributed by atoms with Gasteiger partial charge in [0, 0.05) is 23.4 Å². The number of fused-ring (bicyclic) bond motifs is 1. The molecule has 1 unspecified atom stereocenters. The molecule has 1 aromatic carbocycles. The average Bonchev–Trinajstić information content (AvgIpc) is 3.30. The van der Waals surface area contributed by atoms with Crippen molar-refractivity contribution in [3.05, 3.63) is 83.2 Å². The van der Waals surface area contributed by atoms with Crippen molar-refractivity contribution in [1.82, 2.24) is 14.9 Å². The fraction of sp³-hybridized carbons (Fsp3) is 0.269. The summed E-state index contributed by atoms with van der Waals surface area (Å²) in [4.78, 5) is 16.3. The summed E-state index contributed by atoms with van der Waals surface area (Å²) in [5.41, 5.74) is 6.81. The number of rotatable bonds is 4. The predicted octanol–water partition coefficient (Wildman–Crippen LogP) is 5.29. The summed E-state index contributed by atoms with van der Waals surface area (Å²) in [6.45, 7) is 0.488. The molecule has 3 aromatic rings. The molecule has 2 aliphatic rings. The molecule has 0 radical (unpaired) electrons. The molecule has 3 heterocycles. The molecular formula is C26H24F2N4. The maximum atomic E-state index is 13.8. The molecular weight excluding hydrogens is 406 g/mol. The van der Waals surface area contributed by atoms with Gasteiger partial charge in [0.2, 0.25) is 0 Å². The summed E-state index contributed by atoms with van der Waals surface area (Å²) >= 11 is 0. The lowest BCUT2D eigenvalue weighted by atomic mass is 9.91. The van der Waals surface area contributed by atoms with E-state index in [1.807, 2.05) is 24.4 Å². The van der Waals surface area contributed by atoms with Crippen LogP contribution >= 0.6 is 0 Å². The van der Waals surface area contributed by atoms with Gasteiger partial charge in [0.1, 0.15) is 0 Å². The van der Waals surface area contributed by atoms with Crippen molar-refractivity contribution in [3.63, 3.8) is 0 Å². The van der Waals surface area contributed by atoms with E-state index in [0.717, 1.165) is 53.2 Å². The molecule has 0 saturated heterocycles. The molecule has 1 atom stereocenters. The van der Waals surface area contributed by atoms with Crippen LogP contribution in [0.1, 0.15) is 36.1 Å². The summed E-state index contributed by atoms with van der Waals surface area (Å²) in [7, 11) is 4.25. The van der Waals surface area contributed by atoms with Gasteiger partial charge in [0.25, 0.3) is 0 Å². The minimum atomic E-state index is -0.881. The predicted molar refractivity (Wildman–Crippen MR) is 125 cm³/mol. The summed E-state index contributed by atoms with van der Waals surface area (Å²) in [5, 5.41) is 0. The standard InChI is InChI=1S/C26H24F2N4/c1-32(2)19-6-3-16(4-7-19)18-14-25-24(30-15-18)10-9-23(31-25)20-11-12-29-26(20)17-5-8-21(27)22(28)13-17/h3,5,8-11,13-15,19H,4,6-7,12H2,1-2H3. The second kappa shape index (κ2) is 8.36. The van der Waals surface area contributed by atoms with Crippen LogP contribution in [0.3, 0.4) is 0 Å². The van der Waals surface area contributed by atoms with E-state index in [9.17, 15) is 8.78 Å². The van der Waals surface area contributed by atoms with Gasteiger partial charge in [-0.2, -0.15) is 0 Å². The molecule has 162 valence electrons. The Morgan fingerprint density at radius 2 is 1.81 bits per heavy atom. The quantitative estimate of drug-likeness (QED) is 0.565. The largest absolute Gasteiger partial charge is 0.306 e. The maximum Gasteiger partial charge on any atom is 0.159 e. The van der Waals surface area contributed by atoms with Gasteiger partial charge in [-0.05, 0) is 80.9 Å². The van der Waals surface area contributed by atoms with Crippen molar-refractivity contribution in [3.8, 4) is 0 Å². The van der Waals surface area contributed by atoms with Crippen LogP contribution in [0.4, 0.5) is 8.78 Å². The van der Waals surface area contributed by atoms with Crippen molar-refractivity contribution < 1.29 is 8.78 Å². The molecule has 4 nitrogen and oxygen atoms in total. The first kappa shape index (κ1) is 20.6. The Bertz CT molecular complexity index is 1290. The van der Waals surface area contributed by atoms with Crippen LogP contribution in [-0.2, 0) is 0 Å². The molecule has 0 fully saturated rings. The maximum absolute atomic E-state index is 13.8. The molecule has 1 aliphatic heterocycles. The highest BCUT2D eigenvalue weighted by atomic mass is 19.2. The minimum absolute atomic E-state index is 0.488. The molecule has 6 heteroatoms. The molecule has 0 bridgehead atoms. The smallest absolute Gasteiger partial charge is 0.159 e. The zero-order valence-corrected chi connectivity index (χ0v) is 18.1. The summed E-state index contributed by atoms with van der Waals surface area (Å²) in [6.07, 6.45) is 9.39. The van der Waals surface area contributed by atoms with Crippen molar-refractivity contribution in [2.75, 3.05) is 20.6 Å².